The summed E-state index contributed by atoms with van der Waals surface area (Å²) in [6, 6.07) is 0. The molecule has 0 atom stereocenters. The van der Waals surface area contributed by atoms with Crippen LogP contribution in [0.3, 0.4) is 0 Å². The maximum Gasteiger partial charge on any atom is 0.243 e. The summed E-state index contributed by atoms with van der Waals surface area (Å²) in [6.07, 6.45) is 4.88. The van der Waals surface area contributed by atoms with Gasteiger partial charge in [0.15, 0.2) is 5.96 Å². The molecule has 5 nitrogen and oxygen atoms in total. The Bertz CT molecular complexity index is 288. The lowest BCUT2D eigenvalue weighted by molar-refractivity contribution is -0.127. The Morgan fingerprint density at radius 2 is 1.85 bits per heavy atom. The van der Waals surface area contributed by atoms with Gasteiger partial charge in [-0.15, -0.1) is 0 Å². The van der Waals surface area contributed by atoms with Gasteiger partial charge in [0.25, 0.3) is 0 Å². The number of amides is 1. The summed E-state index contributed by atoms with van der Waals surface area (Å²) in [5, 5.41) is 6.57. The molecule has 0 aliphatic carbocycles. The van der Waals surface area contributed by atoms with Gasteiger partial charge in [-0.05, 0) is 12.3 Å². The largest absolute Gasteiger partial charge is 0.356 e. The van der Waals surface area contributed by atoms with Gasteiger partial charge in [-0.2, -0.15) is 0 Å². The molecule has 0 rings (SSSR count). The number of aliphatic imine (C=N–C) groups is 1. The smallest absolute Gasteiger partial charge is 0.243 e. The number of guanidine groups is 1. The normalized spacial score (nSPS) is 11.6. The predicted octanol–water partition coefficient (Wildman–Crippen LogP) is 1.85. The van der Waals surface area contributed by atoms with Gasteiger partial charge in [0.05, 0.1) is 0 Å². The van der Waals surface area contributed by atoms with Gasteiger partial charge in [-0.1, -0.05) is 40.0 Å². The van der Waals surface area contributed by atoms with Crippen LogP contribution in [-0.2, 0) is 4.79 Å². The summed E-state index contributed by atoms with van der Waals surface area (Å²) in [5.74, 6) is 1.30. The highest BCUT2D eigenvalue weighted by molar-refractivity contribution is 5.84. The second kappa shape index (κ2) is 11.6. The maximum absolute atomic E-state index is 11.6. The molecule has 0 saturated carbocycles. The minimum absolute atomic E-state index is 0.0154. The molecule has 118 valence electrons. The highest BCUT2D eigenvalue weighted by Gasteiger charge is 2.04. The minimum Gasteiger partial charge on any atom is -0.356 e. The average molecular weight is 284 g/mol. The lowest BCUT2D eigenvalue weighted by Gasteiger charge is -2.15. The highest BCUT2D eigenvalue weighted by atomic mass is 16.2. The highest BCUT2D eigenvalue weighted by Crippen LogP contribution is 1.97. The Morgan fingerprint density at radius 1 is 1.15 bits per heavy atom. The quantitative estimate of drug-likeness (QED) is 0.386. The van der Waals surface area contributed by atoms with E-state index in [2.05, 4.69) is 36.4 Å². The number of nitrogens with zero attached hydrogens (tertiary/aromatic N) is 2. The topological polar surface area (TPSA) is 56.7 Å². The monoisotopic (exact) mass is 284 g/mol. The van der Waals surface area contributed by atoms with Gasteiger partial charge < -0.3 is 15.5 Å². The van der Waals surface area contributed by atoms with Gasteiger partial charge in [0, 0.05) is 27.2 Å². The summed E-state index contributed by atoms with van der Waals surface area (Å²) >= 11 is 0. The van der Waals surface area contributed by atoms with Gasteiger partial charge in [0.1, 0.15) is 6.54 Å². The van der Waals surface area contributed by atoms with Gasteiger partial charge in [-0.3, -0.25) is 4.79 Å². The van der Waals surface area contributed by atoms with Crippen molar-refractivity contribution in [1.29, 1.82) is 0 Å². The zero-order valence-electron chi connectivity index (χ0n) is 13.8. The van der Waals surface area contributed by atoms with Crippen molar-refractivity contribution in [1.82, 2.24) is 15.5 Å². The Balaban J connectivity index is 4.18. The van der Waals surface area contributed by atoms with Crippen molar-refractivity contribution in [3.63, 3.8) is 0 Å². The summed E-state index contributed by atoms with van der Waals surface area (Å²) < 4.78 is 0. The van der Waals surface area contributed by atoms with Crippen LogP contribution in [0.4, 0.5) is 0 Å². The summed E-state index contributed by atoms with van der Waals surface area (Å²) in [7, 11) is 3.49. The second-order valence-corrected chi connectivity index (χ2v) is 5.72. The average Bonchev–Trinajstić information content (AvgIpc) is 2.39. The Kier molecular flexibility index (Phi) is 10.8. The third-order valence-electron chi connectivity index (χ3n) is 2.87. The van der Waals surface area contributed by atoms with Crippen LogP contribution in [0.25, 0.3) is 0 Å². The molecule has 0 fully saturated rings. The van der Waals surface area contributed by atoms with Crippen molar-refractivity contribution >= 4 is 11.9 Å². The van der Waals surface area contributed by atoms with E-state index < -0.39 is 0 Å². The fourth-order valence-corrected chi connectivity index (χ4v) is 1.52. The summed E-state index contributed by atoms with van der Waals surface area (Å²) in [6.45, 7) is 8.46. The van der Waals surface area contributed by atoms with E-state index in [1.807, 2.05) is 0 Å². The lowest BCUT2D eigenvalue weighted by atomic mass is 10.2. The van der Waals surface area contributed by atoms with E-state index in [4.69, 9.17) is 0 Å². The van der Waals surface area contributed by atoms with Crippen molar-refractivity contribution in [2.75, 3.05) is 33.7 Å². The van der Waals surface area contributed by atoms with E-state index in [1.165, 1.54) is 19.3 Å². The first kappa shape index (κ1) is 18.7. The van der Waals surface area contributed by atoms with Crippen LogP contribution in [0.15, 0.2) is 4.99 Å². The van der Waals surface area contributed by atoms with E-state index >= 15 is 0 Å². The fraction of sp³-hybridized carbons (Fsp3) is 0.867. The van der Waals surface area contributed by atoms with Crippen molar-refractivity contribution in [3.8, 4) is 0 Å². The number of carbonyl (C=O) groups excluding carboxylic acids is 1. The van der Waals surface area contributed by atoms with Crippen LogP contribution in [0.1, 0.15) is 46.5 Å². The summed E-state index contributed by atoms with van der Waals surface area (Å²) in [5.41, 5.74) is 0. The van der Waals surface area contributed by atoms with E-state index in [0.717, 1.165) is 25.5 Å². The molecule has 2 N–H and O–H groups in total. The zero-order chi connectivity index (χ0) is 15.4. The number of nitrogens with one attached hydrogen (secondary N) is 2. The predicted molar refractivity (Wildman–Crippen MR) is 86.0 cm³/mol. The number of rotatable bonds is 9. The molecule has 0 bridgehead atoms. The molecule has 0 saturated heterocycles. The standard InChI is InChI=1S/C15H32N4O/c1-6-7-8-9-10-16-15(17-11-13(2)3)18-12-14(20)19(4)5/h13H,6-12H2,1-5H3,(H2,16,17,18). The summed E-state index contributed by atoms with van der Waals surface area (Å²) in [4.78, 5) is 17.5. The SMILES string of the molecule is CCCCCCNC(=NCC(=O)N(C)C)NCC(C)C. The van der Waals surface area contributed by atoms with Crippen molar-refractivity contribution < 1.29 is 4.79 Å². The number of carbonyl (C=O) groups is 1. The number of likely N-dealkylation sites (N-methyl/N-ethyl adjacent to an activating group) is 1. The molecule has 0 unspecified atom stereocenters. The second-order valence-electron chi connectivity index (χ2n) is 5.72. The first-order valence-electron chi connectivity index (χ1n) is 7.69. The molecule has 5 heteroatoms. The molecule has 0 aromatic rings. The Hall–Kier alpha value is -1.26. The van der Waals surface area contributed by atoms with Crippen LogP contribution >= 0.6 is 0 Å². The third kappa shape index (κ3) is 10.6. The van der Waals surface area contributed by atoms with E-state index in [0.29, 0.717) is 5.92 Å². The van der Waals surface area contributed by atoms with Gasteiger partial charge in [-0.25, -0.2) is 4.99 Å². The van der Waals surface area contributed by atoms with Crippen LogP contribution in [0.2, 0.25) is 0 Å². The molecule has 0 radical (unpaired) electrons. The minimum atomic E-state index is 0.0154. The lowest BCUT2D eigenvalue weighted by Crippen LogP contribution is -2.40. The number of unbranched alkanes of at least 4 members (excludes halogenated alkanes) is 3. The molecule has 20 heavy (non-hydrogen) atoms. The van der Waals surface area contributed by atoms with Gasteiger partial charge in [0.2, 0.25) is 5.91 Å². The molecule has 0 aliphatic rings. The Labute approximate surface area is 124 Å². The molecule has 0 aromatic carbocycles. The van der Waals surface area contributed by atoms with Crippen molar-refractivity contribution in [2.24, 2.45) is 10.9 Å². The number of hydrogen-bond donors (Lipinski definition) is 2. The first-order valence-corrected chi connectivity index (χ1v) is 7.69. The molecule has 0 aliphatic heterocycles. The van der Waals surface area contributed by atoms with Crippen molar-refractivity contribution in [3.05, 3.63) is 0 Å². The Morgan fingerprint density at radius 3 is 2.40 bits per heavy atom. The van der Waals surface area contributed by atoms with Crippen LogP contribution in [0, 0.1) is 5.92 Å². The van der Waals surface area contributed by atoms with Crippen LogP contribution in [-0.4, -0.2) is 50.5 Å². The molecule has 0 spiro atoms. The van der Waals surface area contributed by atoms with Crippen molar-refractivity contribution in [2.45, 2.75) is 46.5 Å². The van der Waals surface area contributed by atoms with Gasteiger partial charge >= 0.3 is 0 Å². The molecular weight excluding hydrogens is 252 g/mol. The third-order valence-corrected chi connectivity index (χ3v) is 2.87. The molecular formula is C15H32N4O. The fourth-order valence-electron chi connectivity index (χ4n) is 1.52. The van der Waals surface area contributed by atoms with E-state index in [1.54, 1.807) is 19.0 Å². The maximum atomic E-state index is 11.6. The van der Waals surface area contributed by atoms with Crippen LogP contribution < -0.4 is 10.6 Å². The zero-order valence-corrected chi connectivity index (χ0v) is 13.8. The molecule has 0 aromatic heterocycles. The molecule has 1 amide bonds. The van der Waals surface area contributed by atoms with E-state index in [9.17, 15) is 4.79 Å². The van der Waals surface area contributed by atoms with E-state index in [-0.39, 0.29) is 12.5 Å². The first-order chi connectivity index (χ1) is 9.47. The number of hydrogen-bond acceptors (Lipinski definition) is 2. The molecule has 0 heterocycles. The van der Waals surface area contributed by atoms with Crippen LogP contribution in [0.5, 0.6) is 0 Å².